The Morgan fingerprint density at radius 1 is 1.04 bits per heavy atom. The minimum atomic E-state index is -1.30. The van der Waals surface area contributed by atoms with Crippen LogP contribution in [0.5, 0.6) is 0 Å². The summed E-state index contributed by atoms with van der Waals surface area (Å²) in [6.07, 6.45) is -1.30. The predicted octanol–water partition coefficient (Wildman–Crippen LogP) is 0.790. The average Bonchev–Trinajstić information content (AvgIpc) is 2.90. The van der Waals surface area contributed by atoms with Gasteiger partial charge in [0, 0.05) is 12.1 Å². The molecule has 1 aliphatic rings. The van der Waals surface area contributed by atoms with Crippen LogP contribution in [-0.4, -0.2) is 44.6 Å². The molecule has 2 aromatic rings. The fourth-order valence-corrected chi connectivity index (χ4v) is 2.71. The van der Waals surface area contributed by atoms with Gasteiger partial charge in [-0.3, -0.25) is 19.7 Å². The molecule has 3 N–H and O–H groups in total. The molecule has 0 spiro atoms. The van der Waals surface area contributed by atoms with Crippen molar-refractivity contribution in [2.75, 3.05) is 6.61 Å². The first-order chi connectivity index (χ1) is 12.4. The number of aliphatic hydroxyl groups excluding tert-OH is 2. The van der Waals surface area contributed by atoms with Crippen molar-refractivity contribution >= 4 is 17.5 Å². The van der Waals surface area contributed by atoms with Crippen molar-refractivity contribution in [3.8, 4) is 0 Å². The van der Waals surface area contributed by atoms with Crippen molar-refractivity contribution in [3.05, 3.63) is 75.3 Å². The molecule has 0 fully saturated rings. The van der Waals surface area contributed by atoms with E-state index in [2.05, 4.69) is 5.43 Å². The molecule has 1 aliphatic heterocycles. The number of imide groups is 1. The van der Waals surface area contributed by atoms with Crippen LogP contribution in [0.1, 0.15) is 32.4 Å². The number of nitrogens with zero attached hydrogens (tertiary/aromatic N) is 2. The van der Waals surface area contributed by atoms with Gasteiger partial charge in [0.2, 0.25) is 0 Å². The molecular formula is C17H15N3O6. The lowest BCUT2D eigenvalue weighted by molar-refractivity contribution is -0.384. The van der Waals surface area contributed by atoms with E-state index in [1.807, 2.05) is 0 Å². The van der Waals surface area contributed by atoms with Gasteiger partial charge in [-0.2, -0.15) is 0 Å². The van der Waals surface area contributed by atoms with Crippen LogP contribution in [-0.2, 0) is 0 Å². The number of non-ortho nitro benzene ring substituents is 1. The molecule has 26 heavy (non-hydrogen) atoms. The van der Waals surface area contributed by atoms with Crippen molar-refractivity contribution in [2.24, 2.45) is 0 Å². The smallest absolute Gasteiger partial charge is 0.276 e. The van der Waals surface area contributed by atoms with Crippen molar-refractivity contribution in [1.29, 1.82) is 0 Å². The Morgan fingerprint density at radius 2 is 1.58 bits per heavy atom. The third kappa shape index (κ3) is 3.06. The molecule has 2 aromatic carbocycles. The number of hydrazine groups is 1. The summed E-state index contributed by atoms with van der Waals surface area (Å²) in [5.74, 6) is -1.17. The molecule has 0 radical (unpaired) electrons. The van der Waals surface area contributed by atoms with Gasteiger partial charge < -0.3 is 10.2 Å². The maximum atomic E-state index is 12.3. The van der Waals surface area contributed by atoms with Gasteiger partial charge in [0.15, 0.2) is 0 Å². The standard InChI is InChI=1S/C17H15N3O6/c21-9-14(15(22)10-5-7-11(8-6-10)20(25)26)18-19-16(23)12-3-1-2-4-13(12)17(19)24/h1-8,14-15,18,21-22H,9H2. The number of benzene rings is 2. The highest BCUT2D eigenvalue weighted by molar-refractivity contribution is 6.20. The number of hydrogen-bond donors (Lipinski definition) is 3. The predicted molar refractivity (Wildman–Crippen MR) is 89.0 cm³/mol. The number of carbonyl (C=O) groups is 2. The number of hydrogen-bond acceptors (Lipinski definition) is 7. The summed E-state index contributed by atoms with van der Waals surface area (Å²) >= 11 is 0. The number of aliphatic hydroxyl groups is 2. The van der Waals surface area contributed by atoms with Crippen LogP contribution < -0.4 is 5.43 Å². The Balaban J connectivity index is 1.78. The Hall–Kier alpha value is -3.14. The fraction of sp³-hybridized carbons (Fsp3) is 0.176. The zero-order valence-corrected chi connectivity index (χ0v) is 13.4. The molecule has 0 aliphatic carbocycles. The second-order valence-electron chi connectivity index (χ2n) is 5.70. The van der Waals surface area contributed by atoms with Crippen LogP contribution in [0.15, 0.2) is 48.5 Å². The van der Waals surface area contributed by atoms with E-state index in [4.69, 9.17) is 0 Å². The quantitative estimate of drug-likeness (QED) is 0.395. The van der Waals surface area contributed by atoms with Gasteiger partial charge in [0.25, 0.3) is 17.5 Å². The molecular weight excluding hydrogens is 342 g/mol. The van der Waals surface area contributed by atoms with Crippen molar-refractivity contribution < 1.29 is 24.7 Å². The van der Waals surface area contributed by atoms with Gasteiger partial charge in [-0.25, -0.2) is 10.4 Å². The first-order valence-electron chi connectivity index (χ1n) is 7.71. The summed E-state index contributed by atoms with van der Waals surface area (Å²) < 4.78 is 0. The SMILES string of the molecule is O=C1c2ccccc2C(=O)N1NC(CO)C(O)c1ccc([N+](=O)[O-])cc1. The molecule has 0 bridgehead atoms. The number of nitrogens with one attached hydrogen (secondary N) is 1. The first-order valence-corrected chi connectivity index (χ1v) is 7.71. The number of amides is 2. The van der Waals surface area contributed by atoms with E-state index in [1.165, 1.54) is 36.4 Å². The number of nitro benzene ring substituents is 1. The van der Waals surface area contributed by atoms with Gasteiger partial charge >= 0.3 is 0 Å². The van der Waals surface area contributed by atoms with Crippen molar-refractivity contribution in [1.82, 2.24) is 10.4 Å². The van der Waals surface area contributed by atoms with Crippen molar-refractivity contribution in [2.45, 2.75) is 12.1 Å². The average molecular weight is 357 g/mol. The summed E-state index contributed by atoms with van der Waals surface area (Å²) in [4.78, 5) is 34.8. The molecule has 2 atom stereocenters. The van der Waals surface area contributed by atoms with Crippen molar-refractivity contribution in [3.63, 3.8) is 0 Å². The summed E-state index contributed by atoms with van der Waals surface area (Å²) in [5.41, 5.74) is 3.15. The molecule has 2 unspecified atom stereocenters. The highest BCUT2D eigenvalue weighted by atomic mass is 16.6. The van der Waals surface area contributed by atoms with Crippen LogP contribution in [0.4, 0.5) is 5.69 Å². The molecule has 2 amide bonds. The minimum absolute atomic E-state index is 0.144. The largest absolute Gasteiger partial charge is 0.395 e. The highest BCUT2D eigenvalue weighted by Crippen LogP contribution is 2.24. The van der Waals surface area contributed by atoms with E-state index in [0.717, 1.165) is 5.01 Å². The van der Waals surface area contributed by atoms with Crippen LogP contribution in [0.3, 0.4) is 0 Å². The lowest BCUT2D eigenvalue weighted by atomic mass is 10.0. The lowest BCUT2D eigenvalue weighted by Gasteiger charge is -2.26. The van der Waals surface area contributed by atoms with E-state index < -0.39 is 35.5 Å². The third-order valence-electron chi connectivity index (χ3n) is 4.11. The van der Waals surface area contributed by atoms with E-state index in [-0.39, 0.29) is 16.8 Å². The summed E-state index contributed by atoms with van der Waals surface area (Å²) in [5, 5.41) is 31.4. The maximum absolute atomic E-state index is 12.3. The van der Waals surface area contributed by atoms with Gasteiger partial charge in [-0.05, 0) is 29.8 Å². The zero-order chi connectivity index (χ0) is 18.8. The lowest BCUT2D eigenvalue weighted by Crippen LogP contribution is -2.51. The van der Waals surface area contributed by atoms with E-state index in [9.17, 15) is 29.9 Å². The highest BCUT2D eigenvalue weighted by Gasteiger charge is 2.37. The number of fused-ring (bicyclic) bond motifs is 1. The van der Waals surface area contributed by atoms with Crippen LogP contribution in [0, 0.1) is 10.1 Å². The normalized spacial score (nSPS) is 15.7. The molecule has 9 nitrogen and oxygen atoms in total. The van der Waals surface area contributed by atoms with E-state index >= 15 is 0 Å². The molecule has 0 saturated heterocycles. The van der Waals surface area contributed by atoms with E-state index in [1.54, 1.807) is 12.1 Å². The second kappa shape index (κ2) is 7.00. The second-order valence-corrected chi connectivity index (χ2v) is 5.70. The van der Waals surface area contributed by atoms with Crippen LogP contribution in [0.25, 0.3) is 0 Å². The molecule has 0 aromatic heterocycles. The van der Waals surface area contributed by atoms with Gasteiger partial charge in [-0.15, -0.1) is 0 Å². The maximum Gasteiger partial charge on any atom is 0.276 e. The van der Waals surface area contributed by atoms with Crippen LogP contribution in [0.2, 0.25) is 0 Å². The van der Waals surface area contributed by atoms with Gasteiger partial charge in [-0.1, -0.05) is 12.1 Å². The summed E-state index contributed by atoms with van der Waals surface area (Å²) in [6.45, 7) is -0.578. The number of carbonyl (C=O) groups excluding carboxylic acids is 2. The molecule has 134 valence electrons. The Morgan fingerprint density at radius 3 is 2.04 bits per heavy atom. The molecule has 0 saturated carbocycles. The van der Waals surface area contributed by atoms with Crippen LogP contribution >= 0.6 is 0 Å². The summed E-state index contributed by atoms with van der Waals surface area (Å²) in [6, 6.07) is 10.3. The molecule has 1 heterocycles. The first kappa shape index (κ1) is 17.7. The Labute approximate surface area is 147 Å². The Kier molecular flexibility index (Phi) is 4.76. The number of rotatable bonds is 6. The zero-order valence-electron chi connectivity index (χ0n) is 13.4. The minimum Gasteiger partial charge on any atom is -0.395 e. The summed E-state index contributed by atoms with van der Waals surface area (Å²) in [7, 11) is 0. The van der Waals surface area contributed by atoms with Gasteiger partial charge in [0.1, 0.15) is 0 Å². The number of nitro groups is 1. The third-order valence-corrected chi connectivity index (χ3v) is 4.11. The van der Waals surface area contributed by atoms with Gasteiger partial charge in [0.05, 0.1) is 34.8 Å². The molecule has 9 heteroatoms. The topological polar surface area (TPSA) is 133 Å². The monoisotopic (exact) mass is 357 g/mol. The Bertz CT molecular complexity index is 832. The molecule has 3 rings (SSSR count). The van der Waals surface area contributed by atoms with E-state index in [0.29, 0.717) is 5.56 Å². The fourth-order valence-electron chi connectivity index (χ4n) is 2.71.